The quantitative estimate of drug-likeness (QED) is 0.843. The molecule has 0 aromatic rings. The van der Waals surface area contributed by atoms with E-state index in [2.05, 4.69) is 5.32 Å². The van der Waals surface area contributed by atoms with E-state index in [0.29, 0.717) is 11.8 Å². The molecule has 1 N–H and O–H groups in total. The molecule has 5 aliphatic rings. The molecule has 5 nitrogen and oxygen atoms in total. The Labute approximate surface area is 138 Å². The van der Waals surface area contributed by atoms with Crippen molar-refractivity contribution in [1.82, 2.24) is 15.1 Å². The Hall–Kier alpha value is -1.10. The van der Waals surface area contributed by atoms with E-state index in [0.717, 1.165) is 38.0 Å². The molecule has 0 spiro atoms. The maximum Gasteiger partial charge on any atom is 0.242 e. The Morgan fingerprint density at radius 3 is 2.13 bits per heavy atom. The van der Waals surface area contributed by atoms with E-state index in [1.165, 1.54) is 32.1 Å². The lowest BCUT2D eigenvalue weighted by molar-refractivity contribution is -0.151. The maximum absolute atomic E-state index is 13.0. The SMILES string of the molecule is CN(CC(=O)N1CCNCC1)C(=O)C1C2CC3CC(C2)CC1C3. The zero-order chi connectivity index (χ0) is 16.0. The summed E-state index contributed by atoms with van der Waals surface area (Å²) in [7, 11) is 1.83. The van der Waals surface area contributed by atoms with Crippen LogP contribution in [0, 0.1) is 29.6 Å². The van der Waals surface area contributed by atoms with E-state index in [-0.39, 0.29) is 24.3 Å². The first-order chi connectivity index (χ1) is 11.1. The highest BCUT2D eigenvalue weighted by molar-refractivity contribution is 5.86. The van der Waals surface area contributed by atoms with Gasteiger partial charge in [-0.1, -0.05) is 0 Å². The predicted molar refractivity (Wildman–Crippen MR) is 87.6 cm³/mol. The number of amides is 2. The minimum atomic E-state index is 0.103. The topological polar surface area (TPSA) is 52.7 Å². The maximum atomic E-state index is 13.0. The van der Waals surface area contributed by atoms with Crippen LogP contribution >= 0.6 is 0 Å². The molecule has 4 bridgehead atoms. The van der Waals surface area contributed by atoms with Crippen LogP contribution in [0.3, 0.4) is 0 Å². The number of piperazine rings is 1. The van der Waals surface area contributed by atoms with Crippen molar-refractivity contribution in [3.63, 3.8) is 0 Å². The second-order valence-electron chi connectivity index (χ2n) is 8.28. The third-order valence-corrected chi connectivity index (χ3v) is 6.73. The van der Waals surface area contributed by atoms with Crippen molar-refractivity contribution in [2.45, 2.75) is 32.1 Å². The van der Waals surface area contributed by atoms with Gasteiger partial charge in [0.1, 0.15) is 0 Å². The summed E-state index contributed by atoms with van der Waals surface area (Å²) < 4.78 is 0. The molecule has 4 aliphatic carbocycles. The molecular weight excluding hydrogens is 290 g/mol. The van der Waals surface area contributed by atoms with E-state index in [9.17, 15) is 9.59 Å². The van der Waals surface area contributed by atoms with Crippen molar-refractivity contribution in [2.75, 3.05) is 39.8 Å². The molecule has 23 heavy (non-hydrogen) atoms. The fraction of sp³-hybridized carbons (Fsp3) is 0.889. The van der Waals surface area contributed by atoms with Crippen LogP contribution in [0.25, 0.3) is 0 Å². The summed E-state index contributed by atoms with van der Waals surface area (Å²) in [6.07, 6.45) is 6.42. The molecule has 5 rings (SSSR count). The fourth-order valence-electron chi connectivity index (χ4n) is 5.88. The Balaban J connectivity index is 1.37. The van der Waals surface area contributed by atoms with E-state index in [1.807, 2.05) is 11.9 Å². The minimum absolute atomic E-state index is 0.103. The molecule has 1 saturated heterocycles. The summed E-state index contributed by atoms with van der Waals surface area (Å²) in [6, 6.07) is 0. The standard InChI is InChI=1S/C18H29N3O2/c1-20(11-16(22)21-4-2-19-3-5-21)18(23)17-14-7-12-6-13(9-14)10-15(17)8-12/h12-15,17,19H,2-11H2,1H3. The van der Waals surface area contributed by atoms with Crippen LogP contribution in [0.5, 0.6) is 0 Å². The van der Waals surface area contributed by atoms with Crippen LogP contribution < -0.4 is 5.32 Å². The van der Waals surface area contributed by atoms with Gasteiger partial charge in [0.15, 0.2) is 0 Å². The second-order valence-corrected chi connectivity index (χ2v) is 8.28. The van der Waals surface area contributed by atoms with Crippen LogP contribution in [0.2, 0.25) is 0 Å². The monoisotopic (exact) mass is 319 g/mol. The van der Waals surface area contributed by atoms with Gasteiger partial charge in [0.2, 0.25) is 11.8 Å². The number of rotatable bonds is 3. The van der Waals surface area contributed by atoms with Crippen LogP contribution in [-0.2, 0) is 9.59 Å². The number of hydrogen-bond donors (Lipinski definition) is 1. The van der Waals surface area contributed by atoms with Gasteiger partial charge in [-0.05, 0) is 55.8 Å². The Morgan fingerprint density at radius 2 is 1.57 bits per heavy atom. The summed E-state index contributed by atoms with van der Waals surface area (Å²) in [6.45, 7) is 3.50. The summed E-state index contributed by atoms with van der Waals surface area (Å²) in [5.74, 6) is 3.49. The first-order valence-corrected chi connectivity index (χ1v) is 9.35. The highest BCUT2D eigenvalue weighted by Crippen LogP contribution is 2.56. The number of carbonyl (C=O) groups excluding carboxylic acids is 2. The highest BCUT2D eigenvalue weighted by atomic mass is 16.2. The molecule has 5 fully saturated rings. The zero-order valence-electron chi connectivity index (χ0n) is 14.2. The molecule has 0 unspecified atom stereocenters. The Morgan fingerprint density at radius 1 is 1.00 bits per heavy atom. The lowest BCUT2D eigenvalue weighted by Crippen LogP contribution is -2.54. The van der Waals surface area contributed by atoms with E-state index < -0.39 is 0 Å². The average molecular weight is 319 g/mol. The summed E-state index contributed by atoms with van der Waals surface area (Å²) >= 11 is 0. The van der Waals surface area contributed by atoms with Gasteiger partial charge in [-0.3, -0.25) is 9.59 Å². The van der Waals surface area contributed by atoms with Gasteiger partial charge in [-0.15, -0.1) is 0 Å². The van der Waals surface area contributed by atoms with Gasteiger partial charge in [0.25, 0.3) is 0 Å². The number of carbonyl (C=O) groups is 2. The van der Waals surface area contributed by atoms with Crippen molar-refractivity contribution in [3.05, 3.63) is 0 Å². The van der Waals surface area contributed by atoms with Crippen LogP contribution in [0.1, 0.15) is 32.1 Å². The molecule has 2 amide bonds. The number of hydrogen-bond acceptors (Lipinski definition) is 3. The third kappa shape index (κ3) is 2.88. The van der Waals surface area contributed by atoms with E-state index >= 15 is 0 Å². The smallest absolute Gasteiger partial charge is 0.242 e. The Bertz CT molecular complexity index is 459. The summed E-state index contributed by atoms with van der Waals surface area (Å²) in [4.78, 5) is 29.0. The molecule has 1 aliphatic heterocycles. The lowest BCUT2D eigenvalue weighted by Gasteiger charge is -2.54. The molecule has 5 heteroatoms. The normalized spacial score (nSPS) is 38.7. The van der Waals surface area contributed by atoms with Crippen molar-refractivity contribution in [3.8, 4) is 0 Å². The molecule has 0 atom stereocenters. The highest BCUT2D eigenvalue weighted by Gasteiger charge is 2.51. The average Bonchev–Trinajstić information content (AvgIpc) is 2.54. The summed E-state index contributed by atoms with van der Waals surface area (Å²) in [5, 5.41) is 3.26. The van der Waals surface area contributed by atoms with E-state index in [1.54, 1.807) is 4.90 Å². The van der Waals surface area contributed by atoms with Crippen molar-refractivity contribution in [2.24, 2.45) is 29.6 Å². The van der Waals surface area contributed by atoms with Gasteiger partial charge in [-0.25, -0.2) is 0 Å². The van der Waals surface area contributed by atoms with Gasteiger partial charge >= 0.3 is 0 Å². The predicted octanol–water partition coefficient (Wildman–Crippen LogP) is 0.949. The molecular formula is C18H29N3O2. The van der Waals surface area contributed by atoms with Gasteiger partial charge in [0, 0.05) is 39.1 Å². The first kappa shape index (κ1) is 15.4. The number of nitrogens with one attached hydrogen (secondary N) is 1. The van der Waals surface area contributed by atoms with Crippen molar-refractivity contribution >= 4 is 11.8 Å². The number of nitrogens with zero attached hydrogens (tertiary/aromatic N) is 2. The molecule has 0 aromatic carbocycles. The fourth-order valence-corrected chi connectivity index (χ4v) is 5.88. The van der Waals surface area contributed by atoms with Crippen molar-refractivity contribution < 1.29 is 9.59 Å². The minimum Gasteiger partial charge on any atom is -0.339 e. The van der Waals surface area contributed by atoms with Crippen molar-refractivity contribution in [1.29, 1.82) is 0 Å². The Kier molecular flexibility index (Phi) is 4.08. The molecule has 128 valence electrons. The van der Waals surface area contributed by atoms with Gasteiger partial charge in [-0.2, -0.15) is 0 Å². The molecule has 4 saturated carbocycles. The lowest BCUT2D eigenvalue weighted by atomic mass is 9.51. The third-order valence-electron chi connectivity index (χ3n) is 6.73. The van der Waals surface area contributed by atoms with Crippen LogP contribution in [0.15, 0.2) is 0 Å². The van der Waals surface area contributed by atoms with Crippen LogP contribution in [-0.4, -0.2) is 61.4 Å². The zero-order valence-corrected chi connectivity index (χ0v) is 14.2. The first-order valence-electron chi connectivity index (χ1n) is 9.35. The molecule has 0 radical (unpaired) electrons. The molecule has 1 heterocycles. The van der Waals surface area contributed by atoms with E-state index in [4.69, 9.17) is 0 Å². The summed E-state index contributed by atoms with van der Waals surface area (Å²) in [5.41, 5.74) is 0. The number of likely N-dealkylation sites (N-methyl/N-ethyl adjacent to an activating group) is 1. The van der Waals surface area contributed by atoms with Gasteiger partial charge in [0.05, 0.1) is 6.54 Å². The molecule has 0 aromatic heterocycles. The van der Waals surface area contributed by atoms with Crippen LogP contribution in [0.4, 0.5) is 0 Å². The largest absolute Gasteiger partial charge is 0.339 e. The second kappa shape index (κ2) is 6.08. The van der Waals surface area contributed by atoms with Gasteiger partial charge < -0.3 is 15.1 Å².